The van der Waals surface area contributed by atoms with Crippen LogP contribution < -0.4 is 25.2 Å². The predicted molar refractivity (Wildman–Crippen MR) is 110 cm³/mol. The van der Waals surface area contributed by atoms with Crippen molar-refractivity contribution in [2.24, 2.45) is 5.92 Å². The fourth-order valence-corrected chi connectivity index (χ4v) is 4.18. The number of amides is 1. The number of hydrogen-bond donors (Lipinski definition) is 2. The van der Waals surface area contributed by atoms with Crippen molar-refractivity contribution in [2.75, 3.05) is 37.5 Å². The summed E-state index contributed by atoms with van der Waals surface area (Å²) in [6.07, 6.45) is 2.25. The fraction of sp³-hybridized carbons (Fsp3) is 0.476. The SMILES string of the molecule is COc1cccc([C@@H]2CC(=O)Nc3nc(N4CCC(C)CC4)[nH]c(=O)c32)c1OC. The van der Waals surface area contributed by atoms with E-state index < -0.39 is 5.92 Å². The van der Waals surface area contributed by atoms with E-state index in [2.05, 4.69) is 27.1 Å². The first kappa shape index (κ1) is 19.3. The number of H-pyrrole nitrogens is 1. The van der Waals surface area contributed by atoms with E-state index in [0.29, 0.717) is 34.7 Å². The normalized spacial score (nSPS) is 19.5. The van der Waals surface area contributed by atoms with Crippen LogP contribution in [-0.4, -0.2) is 43.2 Å². The fourth-order valence-electron chi connectivity index (χ4n) is 4.18. The lowest BCUT2D eigenvalue weighted by Gasteiger charge is -2.32. The lowest BCUT2D eigenvalue weighted by atomic mass is 9.86. The Labute approximate surface area is 169 Å². The van der Waals surface area contributed by atoms with Gasteiger partial charge in [0.2, 0.25) is 11.9 Å². The second kappa shape index (κ2) is 7.77. The average Bonchev–Trinajstić information content (AvgIpc) is 2.72. The van der Waals surface area contributed by atoms with Gasteiger partial charge in [-0.05, 0) is 24.8 Å². The van der Waals surface area contributed by atoms with Gasteiger partial charge in [0, 0.05) is 31.0 Å². The number of fused-ring (bicyclic) bond motifs is 1. The number of methoxy groups -OCH3 is 2. The molecule has 0 unspecified atom stereocenters. The lowest BCUT2D eigenvalue weighted by molar-refractivity contribution is -0.116. The average molecular weight is 398 g/mol. The summed E-state index contributed by atoms with van der Waals surface area (Å²) in [4.78, 5) is 35.2. The molecular formula is C21H26N4O4. The highest BCUT2D eigenvalue weighted by molar-refractivity contribution is 5.94. The minimum Gasteiger partial charge on any atom is -0.493 e. The molecule has 0 bridgehead atoms. The van der Waals surface area contributed by atoms with Crippen LogP contribution in [0.2, 0.25) is 0 Å². The van der Waals surface area contributed by atoms with Gasteiger partial charge in [0.05, 0.1) is 19.8 Å². The summed E-state index contributed by atoms with van der Waals surface area (Å²) in [6, 6.07) is 5.47. The van der Waals surface area contributed by atoms with Crippen molar-refractivity contribution in [2.45, 2.75) is 32.1 Å². The number of rotatable bonds is 4. The highest BCUT2D eigenvalue weighted by atomic mass is 16.5. The van der Waals surface area contributed by atoms with Crippen LogP contribution in [0.15, 0.2) is 23.0 Å². The van der Waals surface area contributed by atoms with Crippen molar-refractivity contribution in [3.8, 4) is 11.5 Å². The number of aromatic nitrogens is 2. The summed E-state index contributed by atoms with van der Waals surface area (Å²) < 4.78 is 10.9. The summed E-state index contributed by atoms with van der Waals surface area (Å²) >= 11 is 0. The first-order valence-corrected chi connectivity index (χ1v) is 9.91. The molecular weight excluding hydrogens is 372 g/mol. The van der Waals surface area contributed by atoms with Crippen molar-refractivity contribution in [1.29, 1.82) is 0 Å². The molecule has 2 aliphatic heterocycles. The highest BCUT2D eigenvalue weighted by Crippen LogP contribution is 2.42. The number of carbonyl (C=O) groups excluding carboxylic acids is 1. The van der Waals surface area contributed by atoms with E-state index >= 15 is 0 Å². The van der Waals surface area contributed by atoms with Crippen molar-refractivity contribution < 1.29 is 14.3 Å². The smallest absolute Gasteiger partial charge is 0.258 e. The molecule has 3 heterocycles. The molecule has 8 heteroatoms. The first-order chi connectivity index (χ1) is 14.0. The van der Waals surface area contributed by atoms with Crippen LogP contribution in [0.5, 0.6) is 11.5 Å². The second-order valence-corrected chi connectivity index (χ2v) is 7.71. The maximum atomic E-state index is 13.1. The Kier molecular flexibility index (Phi) is 5.17. The number of nitrogens with one attached hydrogen (secondary N) is 2. The molecule has 1 aromatic carbocycles. The largest absolute Gasteiger partial charge is 0.493 e. The third-order valence-corrected chi connectivity index (χ3v) is 5.83. The van der Waals surface area contributed by atoms with Crippen LogP contribution in [0.1, 0.15) is 43.2 Å². The number of piperidine rings is 1. The van der Waals surface area contributed by atoms with E-state index in [1.165, 1.54) is 0 Å². The minimum atomic E-state index is -0.463. The number of anilines is 2. The van der Waals surface area contributed by atoms with Gasteiger partial charge in [-0.3, -0.25) is 14.6 Å². The van der Waals surface area contributed by atoms with Crippen molar-refractivity contribution in [3.05, 3.63) is 39.7 Å². The van der Waals surface area contributed by atoms with Gasteiger partial charge in [-0.25, -0.2) is 0 Å². The first-order valence-electron chi connectivity index (χ1n) is 9.91. The Morgan fingerprint density at radius 1 is 1.14 bits per heavy atom. The molecule has 1 fully saturated rings. The molecule has 1 saturated heterocycles. The maximum Gasteiger partial charge on any atom is 0.258 e. The Bertz CT molecular complexity index is 979. The molecule has 0 spiro atoms. The van der Waals surface area contributed by atoms with E-state index in [9.17, 15) is 9.59 Å². The Hall–Kier alpha value is -3.03. The van der Waals surface area contributed by atoms with Crippen molar-refractivity contribution in [3.63, 3.8) is 0 Å². The molecule has 0 aliphatic carbocycles. The molecule has 4 rings (SSSR count). The number of aromatic amines is 1. The highest BCUT2D eigenvalue weighted by Gasteiger charge is 2.34. The van der Waals surface area contributed by atoms with Crippen LogP contribution in [-0.2, 0) is 4.79 Å². The van der Waals surface area contributed by atoms with Crippen molar-refractivity contribution in [1.82, 2.24) is 9.97 Å². The molecule has 2 aromatic rings. The third kappa shape index (κ3) is 3.54. The van der Waals surface area contributed by atoms with Gasteiger partial charge in [0.25, 0.3) is 5.56 Å². The zero-order chi connectivity index (χ0) is 20.5. The van der Waals surface area contributed by atoms with Crippen LogP contribution in [0.25, 0.3) is 0 Å². The standard InChI is InChI=1S/C21H26N4O4/c1-12-7-9-25(10-8-12)21-23-19-17(20(27)24-21)14(11-16(26)22-19)13-5-4-6-15(28-2)18(13)29-3/h4-6,12,14H,7-11H2,1-3H3,(H2,22,23,24,26,27)/t14-/m0/s1. The van der Waals surface area contributed by atoms with Gasteiger partial charge in [-0.2, -0.15) is 4.98 Å². The summed E-state index contributed by atoms with van der Waals surface area (Å²) in [5, 5.41) is 2.79. The van der Waals surface area contributed by atoms with E-state index in [0.717, 1.165) is 31.5 Å². The third-order valence-electron chi connectivity index (χ3n) is 5.83. The summed E-state index contributed by atoms with van der Waals surface area (Å²) in [5.41, 5.74) is 0.943. The zero-order valence-corrected chi connectivity index (χ0v) is 16.9. The molecule has 2 aliphatic rings. The summed E-state index contributed by atoms with van der Waals surface area (Å²) in [7, 11) is 3.11. The van der Waals surface area contributed by atoms with Crippen LogP contribution in [0, 0.1) is 5.92 Å². The molecule has 0 radical (unpaired) electrons. The second-order valence-electron chi connectivity index (χ2n) is 7.71. The molecule has 29 heavy (non-hydrogen) atoms. The quantitative estimate of drug-likeness (QED) is 0.821. The minimum absolute atomic E-state index is 0.141. The Morgan fingerprint density at radius 2 is 1.90 bits per heavy atom. The van der Waals surface area contributed by atoms with Crippen molar-refractivity contribution >= 4 is 17.7 Å². The number of benzene rings is 1. The van der Waals surface area contributed by atoms with Gasteiger partial charge >= 0.3 is 0 Å². The van der Waals surface area contributed by atoms with Gasteiger partial charge in [-0.1, -0.05) is 19.1 Å². The van der Waals surface area contributed by atoms with Crippen LogP contribution in [0.4, 0.5) is 11.8 Å². The van der Waals surface area contributed by atoms with E-state index in [-0.39, 0.29) is 17.9 Å². The molecule has 8 nitrogen and oxygen atoms in total. The van der Waals surface area contributed by atoms with Gasteiger partial charge in [0.15, 0.2) is 11.5 Å². The molecule has 1 atom stereocenters. The van der Waals surface area contributed by atoms with E-state index in [1.54, 1.807) is 20.3 Å². The van der Waals surface area contributed by atoms with E-state index in [1.807, 2.05) is 12.1 Å². The number of hydrogen-bond acceptors (Lipinski definition) is 6. The Balaban J connectivity index is 1.78. The van der Waals surface area contributed by atoms with Gasteiger partial charge < -0.3 is 19.7 Å². The molecule has 0 saturated carbocycles. The number of nitrogens with zero attached hydrogens (tertiary/aromatic N) is 2. The molecule has 2 N–H and O–H groups in total. The van der Waals surface area contributed by atoms with Gasteiger partial charge in [-0.15, -0.1) is 0 Å². The number of carbonyl (C=O) groups is 1. The molecule has 1 aromatic heterocycles. The molecule has 154 valence electrons. The predicted octanol–water partition coefficient (Wildman–Crippen LogP) is 2.50. The topological polar surface area (TPSA) is 96.5 Å². The maximum absolute atomic E-state index is 13.1. The summed E-state index contributed by atoms with van der Waals surface area (Å²) in [5.74, 6) is 1.95. The van der Waals surface area contributed by atoms with Crippen LogP contribution >= 0.6 is 0 Å². The summed E-state index contributed by atoms with van der Waals surface area (Å²) in [6.45, 7) is 3.90. The van der Waals surface area contributed by atoms with E-state index in [4.69, 9.17) is 9.47 Å². The zero-order valence-electron chi connectivity index (χ0n) is 16.9. The monoisotopic (exact) mass is 398 g/mol. The van der Waals surface area contributed by atoms with Crippen LogP contribution in [0.3, 0.4) is 0 Å². The van der Waals surface area contributed by atoms with Gasteiger partial charge in [0.1, 0.15) is 5.82 Å². The number of ether oxygens (including phenoxy) is 2. The number of para-hydroxylation sites is 1. The lowest BCUT2D eigenvalue weighted by Crippen LogP contribution is -2.37. The Morgan fingerprint density at radius 3 is 2.59 bits per heavy atom. The molecule has 1 amide bonds.